The number of rotatable bonds is 4. The van der Waals surface area contributed by atoms with Crippen LogP contribution in [0.2, 0.25) is 0 Å². The third-order valence-electron chi connectivity index (χ3n) is 4.01. The predicted octanol–water partition coefficient (Wildman–Crippen LogP) is 0.424. The van der Waals surface area contributed by atoms with Gasteiger partial charge in [-0.3, -0.25) is 9.69 Å². The first-order chi connectivity index (χ1) is 10.6. The van der Waals surface area contributed by atoms with E-state index in [4.69, 9.17) is 0 Å². The van der Waals surface area contributed by atoms with Gasteiger partial charge in [0.05, 0.1) is 17.3 Å². The van der Waals surface area contributed by atoms with Crippen LogP contribution in [0.25, 0.3) is 10.2 Å². The quantitative estimate of drug-likeness (QED) is 0.858. The van der Waals surface area contributed by atoms with Crippen LogP contribution in [-0.4, -0.2) is 48.5 Å². The van der Waals surface area contributed by atoms with E-state index < -0.39 is 0 Å². The first kappa shape index (κ1) is 14.9. The number of likely N-dealkylation sites (N-methyl/N-ethyl adjacent to an activating group) is 1. The Hall–Kier alpha value is -1.99. The average molecular weight is 319 g/mol. The molecule has 0 aliphatic carbocycles. The zero-order chi connectivity index (χ0) is 15.7. The zero-order valence-corrected chi connectivity index (χ0v) is 13.4. The van der Waals surface area contributed by atoms with Gasteiger partial charge in [-0.1, -0.05) is 12.1 Å². The molecule has 3 rings (SSSR count). The summed E-state index contributed by atoms with van der Waals surface area (Å²) in [7, 11) is 1.96. The van der Waals surface area contributed by atoms with Crippen LogP contribution in [0.5, 0.6) is 0 Å². The molecule has 22 heavy (non-hydrogen) atoms. The summed E-state index contributed by atoms with van der Waals surface area (Å²) in [5.74, 6) is -0.138. The molecule has 0 spiro atoms. The number of hydrogen-bond donors (Lipinski definition) is 2. The molecule has 1 aromatic carbocycles. The fraction of sp³-hybridized carbons (Fsp3) is 0.400. The Labute approximate surface area is 132 Å². The smallest absolute Gasteiger partial charge is 0.324 e. The van der Waals surface area contributed by atoms with Crippen molar-refractivity contribution in [2.75, 3.05) is 26.7 Å². The number of carbonyl (C=O) groups excluding carboxylic acids is 2. The zero-order valence-electron chi connectivity index (χ0n) is 12.6. The minimum absolute atomic E-state index is 0.104. The van der Waals surface area contributed by atoms with Crippen molar-refractivity contribution in [2.45, 2.75) is 13.0 Å². The van der Waals surface area contributed by atoms with E-state index in [1.54, 1.807) is 11.3 Å². The molecule has 2 atom stereocenters. The second-order valence-electron chi connectivity index (χ2n) is 5.54. The van der Waals surface area contributed by atoms with Crippen LogP contribution in [0.4, 0.5) is 4.79 Å². The van der Waals surface area contributed by atoms with Crippen molar-refractivity contribution in [1.29, 1.82) is 0 Å². The highest BCUT2D eigenvalue weighted by Gasteiger charge is 2.30. The summed E-state index contributed by atoms with van der Waals surface area (Å²) in [6, 6.07) is 7.84. The monoisotopic (exact) mass is 319 g/mol. The number of thiazole rings is 1. The van der Waals surface area contributed by atoms with Crippen LogP contribution in [0.1, 0.15) is 18.0 Å². The molecule has 2 aromatic rings. The van der Waals surface area contributed by atoms with Crippen LogP contribution in [0.15, 0.2) is 24.3 Å². The number of urea groups is 1. The summed E-state index contributed by atoms with van der Waals surface area (Å²) in [5.41, 5.74) is 0.993. The molecule has 0 radical (unpaired) electrons. The van der Waals surface area contributed by atoms with Gasteiger partial charge < -0.3 is 10.2 Å². The Morgan fingerprint density at radius 2 is 2.27 bits per heavy atom. The molecular formula is C15H19N4O2S+. The molecule has 1 aromatic heterocycles. The van der Waals surface area contributed by atoms with E-state index in [9.17, 15) is 9.59 Å². The van der Waals surface area contributed by atoms with Crippen LogP contribution >= 0.6 is 11.3 Å². The number of quaternary nitrogens is 1. The number of aromatic nitrogens is 1. The molecule has 116 valence electrons. The lowest BCUT2D eigenvalue weighted by Crippen LogP contribution is -3.10. The molecule has 0 saturated carbocycles. The molecule has 1 fully saturated rings. The lowest BCUT2D eigenvalue weighted by molar-refractivity contribution is -0.902. The maximum absolute atomic E-state index is 12.2. The summed E-state index contributed by atoms with van der Waals surface area (Å²) < 4.78 is 1.15. The van der Waals surface area contributed by atoms with Crippen LogP contribution < -0.4 is 10.2 Å². The molecule has 7 heteroatoms. The normalized spacial score (nSPS) is 17.5. The summed E-state index contributed by atoms with van der Waals surface area (Å²) in [5, 5.41) is 3.66. The van der Waals surface area contributed by atoms with Gasteiger partial charge in [0.1, 0.15) is 6.04 Å². The minimum Gasteiger partial charge on any atom is -0.336 e. The van der Waals surface area contributed by atoms with Gasteiger partial charge in [-0.05, 0) is 19.1 Å². The Bertz CT molecular complexity index is 681. The van der Waals surface area contributed by atoms with Crippen molar-refractivity contribution >= 4 is 33.5 Å². The molecule has 3 amide bonds. The van der Waals surface area contributed by atoms with Gasteiger partial charge in [-0.2, -0.15) is 0 Å². The van der Waals surface area contributed by atoms with Crippen molar-refractivity contribution in [3.8, 4) is 0 Å². The van der Waals surface area contributed by atoms with Gasteiger partial charge in [-0.25, -0.2) is 9.78 Å². The van der Waals surface area contributed by atoms with Crippen molar-refractivity contribution in [2.24, 2.45) is 0 Å². The highest BCUT2D eigenvalue weighted by molar-refractivity contribution is 7.18. The van der Waals surface area contributed by atoms with E-state index in [0.29, 0.717) is 13.1 Å². The van der Waals surface area contributed by atoms with Crippen molar-refractivity contribution in [3.63, 3.8) is 0 Å². The van der Waals surface area contributed by atoms with Crippen LogP contribution in [-0.2, 0) is 4.79 Å². The van der Waals surface area contributed by atoms with Gasteiger partial charge >= 0.3 is 6.03 Å². The maximum atomic E-state index is 12.2. The molecule has 1 unspecified atom stereocenters. The fourth-order valence-corrected chi connectivity index (χ4v) is 3.59. The average Bonchev–Trinajstić information content (AvgIpc) is 3.11. The van der Waals surface area contributed by atoms with Gasteiger partial charge in [-0.15, -0.1) is 11.3 Å². The van der Waals surface area contributed by atoms with Gasteiger partial charge in [0, 0.05) is 13.1 Å². The number of nitrogens with zero attached hydrogens (tertiary/aromatic N) is 2. The number of hydrogen-bond acceptors (Lipinski definition) is 4. The molecule has 6 nitrogen and oxygen atoms in total. The maximum Gasteiger partial charge on any atom is 0.324 e. The van der Waals surface area contributed by atoms with Crippen molar-refractivity contribution in [3.05, 3.63) is 29.3 Å². The number of amides is 3. The highest BCUT2D eigenvalue weighted by atomic mass is 32.1. The number of benzene rings is 1. The summed E-state index contributed by atoms with van der Waals surface area (Å²) in [6.07, 6.45) is 0. The van der Waals surface area contributed by atoms with Crippen LogP contribution in [0, 0.1) is 0 Å². The Morgan fingerprint density at radius 3 is 2.95 bits per heavy atom. The molecule has 1 saturated heterocycles. The molecule has 1 aliphatic heterocycles. The number of fused-ring (bicyclic) bond motifs is 1. The Balaban J connectivity index is 1.69. The Morgan fingerprint density at radius 1 is 1.50 bits per heavy atom. The topological polar surface area (TPSA) is 66.7 Å². The van der Waals surface area contributed by atoms with E-state index in [1.165, 1.54) is 4.90 Å². The largest absolute Gasteiger partial charge is 0.336 e. The van der Waals surface area contributed by atoms with E-state index in [0.717, 1.165) is 20.1 Å². The predicted molar refractivity (Wildman–Crippen MR) is 84.9 cm³/mol. The SMILES string of the molecule is C[C@H](c1nc2ccccc2s1)[NH+](C)CC(=O)N1CCNC1=O. The van der Waals surface area contributed by atoms with E-state index >= 15 is 0 Å². The van der Waals surface area contributed by atoms with Crippen molar-refractivity contribution < 1.29 is 14.5 Å². The molecule has 2 N–H and O–H groups in total. The van der Waals surface area contributed by atoms with E-state index in [1.807, 2.05) is 25.2 Å². The molecular weight excluding hydrogens is 300 g/mol. The Kier molecular flexibility index (Phi) is 4.08. The van der Waals surface area contributed by atoms with E-state index in [-0.39, 0.29) is 24.5 Å². The first-order valence-corrected chi connectivity index (χ1v) is 8.14. The number of para-hydroxylation sites is 1. The molecule has 1 aliphatic rings. The number of carbonyl (C=O) groups is 2. The third-order valence-corrected chi connectivity index (χ3v) is 5.23. The van der Waals surface area contributed by atoms with Gasteiger partial charge in [0.2, 0.25) is 0 Å². The van der Waals surface area contributed by atoms with Crippen molar-refractivity contribution in [1.82, 2.24) is 15.2 Å². The minimum atomic E-state index is -0.287. The fourth-order valence-electron chi connectivity index (χ4n) is 2.48. The lowest BCUT2D eigenvalue weighted by Gasteiger charge is -2.21. The van der Waals surface area contributed by atoms with Gasteiger partial charge in [0.15, 0.2) is 11.6 Å². The summed E-state index contributed by atoms with van der Waals surface area (Å²) >= 11 is 1.66. The second-order valence-corrected chi connectivity index (χ2v) is 6.60. The van der Waals surface area contributed by atoms with Crippen LogP contribution in [0.3, 0.4) is 0 Å². The second kappa shape index (κ2) is 6.02. The van der Waals surface area contributed by atoms with Gasteiger partial charge in [0.25, 0.3) is 5.91 Å². The molecule has 0 bridgehead atoms. The first-order valence-electron chi connectivity index (χ1n) is 7.32. The summed E-state index contributed by atoms with van der Waals surface area (Å²) in [4.78, 5) is 30.7. The summed E-state index contributed by atoms with van der Waals surface area (Å²) in [6.45, 7) is 3.34. The lowest BCUT2D eigenvalue weighted by atomic mass is 10.3. The standard InChI is InChI=1S/C15H18N4O2S/c1-10(14-17-11-5-3-4-6-12(11)22-14)18(2)9-13(20)19-8-7-16-15(19)21/h3-6,10H,7-9H2,1-2H3,(H,16,21)/p+1/t10-/m1/s1. The third kappa shape index (κ3) is 2.82. The van der Waals surface area contributed by atoms with E-state index in [2.05, 4.69) is 23.3 Å². The highest BCUT2D eigenvalue weighted by Crippen LogP contribution is 2.24. The number of nitrogens with one attached hydrogen (secondary N) is 2. The molecule has 2 heterocycles. The number of imide groups is 1.